The Morgan fingerprint density at radius 1 is 1.03 bits per heavy atom. The number of likely N-dealkylation sites (tertiary alicyclic amines) is 1. The first-order valence-corrected chi connectivity index (χ1v) is 11.7. The second-order valence-electron chi connectivity index (χ2n) is 8.54. The lowest BCUT2D eigenvalue weighted by molar-refractivity contribution is 0.176. The van der Waals surface area contributed by atoms with Crippen LogP contribution in [0.5, 0.6) is 11.5 Å². The smallest absolute Gasteiger partial charge is 0.161 e. The van der Waals surface area contributed by atoms with Crippen molar-refractivity contribution in [3.05, 3.63) is 51.8 Å². The zero-order valence-corrected chi connectivity index (χ0v) is 19.1. The zero-order valence-electron chi connectivity index (χ0n) is 17.6. The normalized spacial score (nSPS) is 18.6. The number of hydrogen-bond donors (Lipinski definition) is 0. The van der Waals surface area contributed by atoms with E-state index in [1.54, 1.807) is 13.3 Å². The monoisotopic (exact) mass is 448 g/mol. The molecule has 0 N–H and O–H groups in total. The summed E-state index contributed by atoms with van der Waals surface area (Å²) >= 11 is 12.3. The third kappa shape index (κ3) is 5.60. The summed E-state index contributed by atoms with van der Waals surface area (Å²) in [5.41, 5.74) is 2.34. The molecule has 0 atom stereocenters. The topological polar surface area (TPSA) is 34.6 Å². The number of piperidine rings is 1. The van der Waals surface area contributed by atoms with Gasteiger partial charge >= 0.3 is 0 Å². The van der Waals surface area contributed by atoms with Crippen molar-refractivity contribution < 1.29 is 9.47 Å². The standard InChI is InChI=1S/C24H30Cl2N2O2/c1-29-22-7-6-18(13-23(22)30-21-4-2-3-5-21)12-17-8-10-28(11-9-17)16-19-14-20(25)15-27-24(19)26/h6-7,13-15,17,21H,2-5,8-12,16H2,1H3. The van der Waals surface area contributed by atoms with E-state index in [-0.39, 0.29) is 0 Å². The highest BCUT2D eigenvalue weighted by atomic mass is 35.5. The van der Waals surface area contributed by atoms with E-state index in [1.807, 2.05) is 6.07 Å². The predicted molar refractivity (Wildman–Crippen MR) is 122 cm³/mol. The molecule has 0 spiro atoms. The average molecular weight is 449 g/mol. The van der Waals surface area contributed by atoms with Gasteiger partial charge in [-0.15, -0.1) is 0 Å². The fourth-order valence-electron chi connectivity index (χ4n) is 4.62. The maximum Gasteiger partial charge on any atom is 0.161 e. The van der Waals surface area contributed by atoms with Gasteiger partial charge in [-0.2, -0.15) is 0 Å². The number of halogens is 2. The lowest BCUT2D eigenvalue weighted by atomic mass is 9.90. The highest BCUT2D eigenvalue weighted by Crippen LogP contribution is 2.34. The summed E-state index contributed by atoms with van der Waals surface area (Å²) in [6.45, 7) is 2.94. The molecule has 1 saturated carbocycles. The lowest BCUT2D eigenvalue weighted by Gasteiger charge is -2.32. The van der Waals surface area contributed by atoms with Crippen molar-refractivity contribution in [2.75, 3.05) is 20.2 Å². The summed E-state index contributed by atoms with van der Waals surface area (Å²) in [6.07, 6.45) is 10.2. The molecule has 162 valence electrons. The Kier molecular flexibility index (Phi) is 7.40. The van der Waals surface area contributed by atoms with Gasteiger partial charge in [-0.05, 0) is 87.7 Å². The molecule has 6 heteroatoms. The molecule has 0 amide bonds. The summed E-state index contributed by atoms with van der Waals surface area (Å²) in [5, 5.41) is 1.19. The summed E-state index contributed by atoms with van der Waals surface area (Å²) in [4.78, 5) is 6.60. The fraction of sp³-hybridized carbons (Fsp3) is 0.542. The van der Waals surface area contributed by atoms with Gasteiger partial charge in [0.25, 0.3) is 0 Å². The Bertz CT molecular complexity index is 847. The van der Waals surface area contributed by atoms with E-state index in [1.165, 1.54) is 31.2 Å². The molecule has 2 fully saturated rings. The van der Waals surface area contributed by atoms with E-state index < -0.39 is 0 Å². The Hall–Kier alpha value is -1.49. The molecule has 1 aromatic heterocycles. The van der Waals surface area contributed by atoms with Crippen molar-refractivity contribution in [3.63, 3.8) is 0 Å². The molecule has 4 rings (SSSR count). The first-order chi connectivity index (χ1) is 14.6. The van der Waals surface area contributed by atoms with Crippen molar-refractivity contribution >= 4 is 23.2 Å². The maximum atomic E-state index is 6.27. The van der Waals surface area contributed by atoms with Crippen molar-refractivity contribution in [1.29, 1.82) is 0 Å². The molecule has 0 unspecified atom stereocenters. The lowest BCUT2D eigenvalue weighted by Crippen LogP contribution is -2.34. The molecule has 4 nitrogen and oxygen atoms in total. The minimum atomic E-state index is 0.338. The van der Waals surface area contributed by atoms with Gasteiger partial charge in [0.1, 0.15) is 5.15 Å². The number of hydrogen-bond acceptors (Lipinski definition) is 4. The van der Waals surface area contributed by atoms with Crippen molar-refractivity contribution in [2.45, 2.75) is 57.6 Å². The molecule has 0 radical (unpaired) electrons. The van der Waals surface area contributed by atoms with Crippen LogP contribution >= 0.6 is 23.2 Å². The van der Waals surface area contributed by atoms with Gasteiger partial charge in [0.15, 0.2) is 11.5 Å². The second kappa shape index (κ2) is 10.2. The van der Waals surface area contributed by atoms with E-state index in [2.05, 4.69) is 28.1 Å². The van der Waals surface area contributed by atoms with Gasteiger partial charge in [-0.25, -0.2) is 4.98 Å². The van der Waals surface area contributed by atoms with Crippen LogP contribution in [0.3, 0.4) is 0 Å². The second-order valence-corrected chi connectivity index (χ2v) is 9.33. The van der Waals surface area contributed by atoms with Gasteiger partial charge in [-0.1, -0.05) is 29.3 Å². The number of methoxy groups -OCH3 is 1. The molecular weight excluding hydrogens is 419 g/mol. The predicted octanol–water partition coefficient (Wildman–Crippen LogP) is 6.17. The van der Waals surface area contributed by atoms with Crippen LogP contribution in [0.25, 0.3) is 0 Å². The van der Waals surface area contributed by atoms with Crippen molar-refractivity contribution in [3.8, 4) is 11.5 Å². The van der Waals surface area contributed by atoms with Crippen LogP contribution in [-0.2, 0) is 13.0 Å². The number of nitrogens with zero attached hydrogens (tertiary/aromatic N) is 2. The third-order valence-electron chi connectivity index (χ3n) is 6.33. The molecule has 1 aliphatic carbocycles. The number of rotatable bonds is 7. The van der Waals surface area contributed by atoms with Crippen LogP contribution in [0.15, 0.2) is 30.5 Å². The van der Waals surface area contributed by atoms with Crippen LogP contribution in [0.2, 0.25) is 10.2 Å². The van der Waals surface area contributed by atoms with E-state index >= 15 is 0 Å². The van der Waals surface area contributed by atoms with Gasteiger partial charge < -0.3 is 9.47 Å². The van der Waals surface area contributed by atoms with Gasteiger partial charge in [0.05, 0.1) is 18.2 Å². The van der Waals surface area contributed by atoms with Crippen LogP contribution in [-0.4, -0.2) is 36.2 Å². The highest BCUT2D eigenvalue weighted by Gasteiger charge is 2.22. The average Bonchev–Trinajstić information content (AvgIpc) is 3.25. The summed E-state index contributed by atoms with van der Waals surface area (Å²) in [6, 6.07) is 8.36. The summed E-state index contributed by atoms with van der Waals surface area (Å²) in [5.74, 6) is 2.43. The molecule has 1 aliphatic heterocycles. The van der Waals surface area contributed by atoms with E-state index in [0.717, 1.165) is 56.0 Å². The molecule has 2 aliphatic rings. The zero-order chi connectivity index (χ0) is 20.9. The van der Waals surface area contributed by atoms with Crippen molar-refractivity contribution in [2.24, 2.45) is 5.92 Å². The highest BCUT2D eigenvalue weighted by molar-refractivity contribution is 6.32. The first kappa shape index (κ1) is 21.7. The largest absolute Gasteiger partial charge is 0.493 e. The Morgan fingerprint density at radius 3 is 2.53 bits per heavy atom. The molecule has 30 heavy (non-hydrogen) atoms. The number of pyridine rings is 1. The van der Waals surface area contributed by atoms with Crippen molar-refractivity contribution in [1.82, 2.24) is 9.88 Å². The van der Waals surface area contributed by atoms with Gasteiger partial charge in [0, 0.05) is 18.3 Å². The number of aromatic nitrogens is 1. The van der Waals surface area contributed by atoms with E-state index in [9.17, 15) is 0 Å². The minimum absolute atomic E-state index is 0.338. The maximum absolute atomic E-state index is 6.27. The molecular formula is C24H30Cl2N2O2. The number of benzene rings is 1. The molecule has 1 aromatic carbocycles. The Balaban J connectivity index is 1.32. The SMILES string of the molecule is COc1ccc(CC2CCN(Cc3cc(Cl)cnc3Cl)CC2)cc1OC1CCCC1. The molecule has 0 bridgehead atoms. The van der Waals surface area contributed by atoms with Crippen LogP contribution in [0.1, 0.15) is 49.7 Å². The van der Waals surface area contributed by atoms with E-state index in [0.29, 0.717) is 22.2 Å². The third-order valence-corrected chi connectivity index (χ3v) is 6.87. The molecule has 2 aromatic rings. The Labute approximate surface area is 189 Å². The number of ether oxygens (including phenoxy) is 2. The van der Waals surface area contributed by atoms with Gasteiger partial charge in [0.2, 0.25) is 0 Å². The fourth-order valence-corrected chi connectivity index (χ4v) is 4.97. The minimum Gasteiger partial charge on any atom is -0.493 e. The van der Waals surface area contributed by atoms with Crippen LogP contribution in [0, 0.1) is 5.92 Å². The molecule has 1 saturated heterocycles. The summed E-state index contributed by atoms with van der Waals surface area (Å²) < 4.78 is 11.8. The van der Waals surface area contributed by atoms with Crippen LogP contribution in [0.4, 0.5) is 0 Å². The van der Waals surface area contributed by atoms with Gasteiger partial charge in [-0.3, -0.25) is 4.90 Å². The van der Waals surface area contributed by atoms with E-state index in [4.69, 9.17) is 32.7 Å². The quantitative estimate of drug-likeness (QED) is 0.474. The van der Waals surface area contributed by atoms with Crippen LogP contribution < -0.4 is 9.47 Å². The Morgan fingerprint density at radius 2 is 1.80 bits per heavy atom. The first-order valence-electron chi connectivity index (χ1n) is 11.0. The molecule has 2 heterocycles. The summed E-state index contributed by atoms with van der Waals surface area (Å²) in [7, 11) is 1.72.